The molecule has 0 saturated carbocycles. The second-order valence-corrected chi connectivity index (χ2v) is 10.5. The summed E-state index contributed by atoms with van der Waals surface area (Å²) >= 11 is 6.58. The molecule has 2 aromatic rings. The Bertz CT molecular complexity index is 1370. The van der Waals surface area contributed by atoms with Crippen LogP contribution in [-0.2, 0) is 23.9 Å². The Morgan fingerprint density at radius 1 is 1.35 bits per heavy atom. The van der Waals surface area contributed by atoms with Gasteiger partial charge in [0.25, 0.3) is 11.5 Å². The van der Waals surface area contributed by atoms with E-state index in [1.807, 2.05) is 0 Å². The average molecular weight is 544 g/mol. The van der Waals surface area contributed by atoms with Gasteiger partial charge in [0.15, 0.2) is 0 Å². The number of pyridine rings is 1. The number of hydrogen-bond acceptors (Lipinski definition) is 10. The number of carbonyl (C=O) groups excluding carboxylic acids is 3. The highest BCUT2D eigenvalue weighted by molar-refractivity contribution is 8.26. The molecule has 11 nitrogen and oxygen atoms in total. The lowest BCUT2D eigenvalue weighted by Crippen LogP contribution is -2.57. The van der Waals surface area contributed by atoms with Gasteiger partial charge in [0.1, 0.15) is 21.8 Å². The van der Waals surface area contributed by atoms with Crippen LogP contribution in [0.4, 0.5) is 5.82 Å². The molecule has 1 N–H and O–H groups in total. The van der Waals surface area contributed by atoms with Crippen LogP contribution in [0.25, 0.3) is 11.7 Å². The van der Waals surface area contributed by atoms with Gasteiger partial charge in [0.05, 0.1) is 36.6 Å². The molecule has 3 saturated heterocycles. The van der Waals surface area contributed by atoms with Crippen molar-refractivity contribution in [2.75, 3.05) is 38.3 Å². The van der Waals surface area contributed by atoms with Gasteiger partial charge in [-0.25, -0.2) is 4.98 Å². The highest BCUT2D eigenvalue weighted by Crippen LogP contribution is 2.35. The Balaban J connectivity index is 1.59. The first kappa shape index (κ1) is 25.4. The predicted octanol–water partition coefficient (Wildman–Crippen LogP) is 0.943. The molecule has 37 heavy (non-hydrogen) atoms. The number of thioether (sulfide) groups is 1. The van der Waals surface area contributed by atoms with E-state index >= 15 is 0 Å². The molecule has 2 atom stereocenters. The number of fused-ring (bicyclic) bond motifs is 1. The minimum absolute atomic E-state index is 0.0729. The topological polar surface area (TPSA) is 123 Å². The fraction of sp³-hybridized carbons (Fsp3) is 0.417. The number of methoxy groups -OCH3 is 1. The fourth-order valence-electron chi connectivity index (χ4n) is 4.63. The first-order chi connectivity index (χ1) is 17.9. The number of anilines is 1. The van der Waals surface area contributed by atoms with Crippen LogP contribution in [0.15, 0.2) is 34.1 Å². The SMILES string of the molecule is COC(=O)C[C@@H]1C(=O)NCCN1c1nc2ccccn2c(=O)c1/C=C1\SC(=S)N(C[C@@H]2CCCO2)C1=O. The fourth-order valence-corrected chi connectivity index (χ4v) is 5.89. The van der Waals surface area contributed by atoms with E-state index in [2.05, 4.69) is 5.32 Å². The molecule has 2 amide bonds. The summed E-state index contributed by atoms with van der Waals surface area (Å²) in [6.07, 6.45) is 4.57. The minimum atomic E-state index is -0.930. The number of amides is 2. The Labute approximate surface area is 221 Å². The first-order valence-corrected chi connectivity index (χ1v) is 13.1. The molecule has 13 heteroatoms. The number of hydrogen-bond donors (Lipinski definition) is 1. The summed E-state index contributed by atoms with van der Waals surface area (Å²) in [5.41, 5.74) is 0.0899. The summed E-state index contributed by atoms with van der Waals surface area (Å²) in [4.78, 5) is 59.9. The van der Waals surface area contributed by atoms with Crippen LogP contribution in [0.2, 0.25) is 0 Å². The molecule has 3 fully saturated rings. The van der Waals surface area contributed by atoms with E-state index in [9.17, 15) is 19.2 Å². The molecule has 0 spiro atoms. The molecule has 2 aromatic heterocycles. The van der Waals surface area contributed by atoms with Crippen molar-refractivity contribution in [3.05, 3.63) is 45.2 Å². The zero-order chi connectivity index (χ0) is 26.1. The number of nitrogens with one attached hydrogen (secondary N) is 1. The third-order valence-electron chi connectivity index (χ3n) is 6.50. The van der Waals surface area contributed by atoms with Crippen molar-refractivity contribution in [2.24, 2.45) is 0 Å². The maximum absolute atomic E-state index is 13.7. The van der Waals surface area contributed by atoms with Gasteiger partial charge < -0.3 is 19.7 Å². The summed E-state index contributed by atoms with van der Waals surface area (Å²) in [7, 11) is 1.25. The highest BCUT2D eigenvalue weighted by Gasteiger charge is 2.37. The largest absolute Gasteiger partial charge is 0.469 e. The van der Waals surface area contributed by atoms with Crippen LogP contribution in [-0.4, -0.2) is 81.9 Å². The van der Waals surface area contributed by atoms with E-state index in [1.165, 1.54) is 22.5 Å². The highest BCUT2D eigenvalue weighted by atomic mass is 32.2. The number of rotatable bonds is 6. The minimum Gasteiger partial charge on any atom is -0.469 e. The standard InChI is InChI=1S/C24H25N5O6S2/c1-34-19(30)12-16-21(31)25-7-9-27(16)20-15(22(32)28-8-3-2-6-18(28)26-20)11-17-23(33)29(24(36)37-17)13-14-5-4-10-35-14/h2-3,6,8,11,14,16H,4-5,7,9-10,12-13H2,1H3,(H,25,31)/b17-11-/t14-,16+/m0/s1. The van der Waals surface area contributed by atoms with Crippen LogP contribution >= 0.6 is 24.0 Å². The number of aromatic nitrogens is 2. The Morgan fingerprint density at radius 2 is 2.19 bits per heavy atom. The summed E-state index contributed by atoms with van der Waals surface area (Å²) in [5, 5.41) is 2.75. The van der Waals surface area contributed by atoms with Gasteiger partial charge in [-0.1, -0.05) is 30.0 Å². The Kier molecular flexibility index (Phi) is 7.26. The molecule has 3 aliphatic rings. The zero-order valence-electron chi connectivity index (χ0n) is 20.0. The van der Waals surface area contributed by atoms with Crippen molar-refractivity contribution >= 4 is 63.6 Å². The van der Waals surface area contributed by atoms with Crippen molar-refractivity contribution in [3.8, 4) is 0 Å². The predicted molar refractivity (Wildman–Crippen MR) is 141 cm³/mol. The van der Waals surface area contributed by atoms with E-state index in [0.717, 1.165) is 24.6 Å². The van der Waals surface area contributed by atoms with Crippen molar-refractivity contribution in [2.45, 2.75) is 31.4 Å². The molecule has 5 rings (SSSR count). The Morgan fingerprint density at radius 3 is 2.95 bits per heavy atom. The number of esters is 1. The Hall–Kier alpha value is -3.29. The lowest BCUT2D eigenvalue weighted by molar-refractivity contribution is -0.143. The van der Waals surface area contributed by atoms with Gasteiger partial charge in [0.2, 0.25) is 5.91 Å². The van der Waals surface area contributed by atoms with Crippen molar-refractivity contribution in [1.29, 1.82) is 0 Å². The molecule has 0 radical (unpaired) electrons. The van der Waals surface area contributed by atoms with E-state index < -0.39 is 17.6 Å². The van der Waals surface area contributed by atoms with E-state index in [0.29, 0.717) is 36.2 Å². The molecule has 194 valence electrons. The normalized spacial score (nSPS) is 23.3. The number of carbonyl (C=O) groups is 3. The monoisotopic (exact) mass is 543 g/mol. The number of thiocarbonyl (C=S) groups is 1. The van der Waals surface area contributed by atoms with E-state index in [-0.39, 0.29) is 40.6 Å². The molecular weight excluding hydrogens is 518 g/mol. The van der Waals surface area contributed by atoms with Gasteiger partial charge in [-0.15, -0.1) is 0 Å². The molecule has 5 heterocycles. The molecule has 0 unspecified atom stereocenters. The maximum Gasteiger partial charge on any atom is 0.308 e. The zero-order valence-corrected chi connectivity index (χ0v) is 21.7. The average Bonchev–Trinajstić information content (AvgIpc) is 3.50. The van der Waals surface area contributed by atoms with Crippen LogP contribution in [0.3, 0.4) is 0 Å². The van der Waals surface area contributed by atoms with Gasteiger partial charge in [-0.3, -0.25) is 28.5 Å². The summed E-state index contributed by atoms with van der Waals surface area (Å²) in [6, 6.07) is 4.20. The third-order valence-corrected chi connectivity index (χ3v) is 7.88. The lowest BCUT2D eigenvalue weighted by atomic mass is 10.1. The molecular formula is C24H25N5O6S2. The molecule has 0 aromatic carbocycles. The van der Waals surface area contributed by atoms with Crippen LogP contribution in [0, 0.1) is 0 Å². The van der Waals surface area contributed by atoms with Crippen LogP contribution < -0.4 is 15.8 Å². The lowest BCUT2D eigenvalue weighted by Gasteiger charge is -2.36. The van der Waals surface area contributed by atoms with Gasteiger partial charge in [0, 0.05) is 25.9 Å². The van der Waals surface area contributed by atoms with Gasteiger partial charge in [-0.05, 0) is 31.1 Å². The quantitative estimate of drug-likeness (QED) is 0.320. The van der Waals surface area contributed by atoms with E-state index in [4.69, 9.17) is 26.7 Å². The van der Waals surface area contributed by atoms with Gasteiger partial charge >= 0.3 is 5.97 Å². The smallest absolute Gasteiger partial charge is 0.308 e. The summed E-state index contributed by atoms with van der Waals surface area (Å²) < 4.78 is 12.2. The van der Waals surface area contributed by atoms with Crippen molar-refractivity contribution < 1.29 is 23.9 Å². The number of piperazine rings is 1. The molecule has 0 bridgehead atoms. The number of nitrogens with zero attached hydrogens (tertiary/aromatic N) is 4. The summed E-state index contributed by atoms with van der Waals surface area (Å²) in [6.45, 7) is 1.63. The molecule has 3 aliphatic heterocycles. The van der Waals surface area contributed by atoms with Crippen LogP contribution in [0.5, 0.6) is 0 Å². The molecule has 0 aliphatic carbocycles. The van der Waals surface area contributed by atoms with Gasteiger partial charge in [-0.2, -0.15) is 0 Å². The van der Waals surface area contributed by atoms with E-state index in [1.54, 1.807) is 29.3 Å². The summed E-state index contributed by atoms with van der Waals surface area (Å²) in [5.74, 6) is -1.04. The van der Waals surface area contributed by atoms with Crippen molar-refractivity contribution in [3.63, 3.8) is 0 Å². The maximum atomic E-state index is 13.7. The second kappa shape index (κ2) is 10.6. The third kappa shape index (κ3) is 4.98. The first-order valence-electron chi connectivity index (χ1n) is 11.9. The van der Waals surface area contributed by atoms with Crippen molar-refractivity contribution in [1.82, 2.24) is 19.6 Å². The second-order valence-electron chi connectivity index (χ2n) is 8.79. The number of ether oxygens (including phenoxy) is 2. The van der Waals surface area contributed by atoms with Crippen LogP contribution in [0.1, 0.15) is 24.8 Å².